The Morgan fingerprint density at radius 2 is 2.15 bits per heavy atom. The summed E-state index contributed by atoms with van der Waals surface area (Å²) in [6.07, 6.45) is 4.02. The van der Waals surface area contributed by atoms with Crippen LogP contribution >= 0.6 is 24.8 Å². The Hall–Kier alpha value is -0.350. The van der Waals surface area contributed by atoms with Crippen molar-refractivity contribution < 1.29 is 5.11 Å². The first kappa shape index (κ1) is 15.1. The first-order valence-electron chi connectivity index (χ1n) is 3.61. The van der Waals surface area contributed by atoms with Crippen LogP contribution in [0, 0.1) is 0 Å². The second-order valence-corrected chi connectivity index (χ2v) is 2.41. The van der Waals surface area contributed by atoms with Crippen LogP contribution in [0.5, 0.6) is 0 Å². The summed E-state index contributed by atoms with van der Waals surface area (Å²) in [5, 5.41) is 8.60. The van der Waals surface area contributed by atoms with E-state index in [0.717, 1.165) is 5.56 Å². The van der Waals surface area contributed by atoms with Gasteiger partial charge in [0.15, 0.2) is 0 Å². The monoisotopic (exact) mass is 224 g/mol. The normalized spacial score (nSPS) is 10.9. The van der Waals surface area contributed by atoms with Gasteiger partial charge < -0.3 is 10.8 Å². The van der Waals surface area contributed by atoms with Crippen molar-refractivity contribution in [1.29, 1.82) is 0 Å². The Labute approximate surface area is 90.2 Å². The third-order valence-corrected chi connectivity index (χ3v) is 1.55. The lowest BCUT2D eigenvalue weighted by atomic mass is 10.1. The van der Waals surface area contributed by atoms with E-state index >= 15 is 0 Å². The predicted octanol–water partition coefficient (Wildman–Crippen LogP) is 1.31. The lowest BCUT2D eigenvalue weighted by molar-refractivity contribution is 0.276. The zero-order valence-corrected chi connectivity index (χ0v) is 8.72. The Morgan fingerprint density at radius 3 is 2.62 bits per heavy atom. The van der Waals surface area contributed by atoms with E-state index in [9.17, 15) is 0 Å². The fraction of sp³-hybridized carbons (Fsp3) is 0.375. The molecule has 3 N–H and O–H groups in total. The first-order chi connectivity index (χ1) is 5.34. The molecule has 1 rings (SSSR count). The average molecular weight is 225 g/mol. The molecule has 13 heavy (non-hydrogen) atoms. The van der Waals surface area contributed by atoms with Gasteiger partial charge in [-0.1, -0.05) is 6.07 Å². The third-order valence-electron chi connectivity index (χ3n) is 1.55. The fourth-order valence-corrected chi connectivity index (χ4v) is 0.901. The maximum Gasteiger partial charge on any atom is 0.0449 e. The van der Waals surface area contributed by atoms with E-state index in [1.807, 2.05) is 12.1 Å². The minimum Gasteiger partial charge on any atom is -0.396 e. The Bertz CT molecular complexity index is 209. The molecular formula is C8H14Cl2N2O. The molecule has 5 heteroatoms. The van der Waals surface area contributed by atoms with Gasteiger partial charge >= 0.3 is 0 Å². The molecule has 0 unspecified atom stereocenters. The number of hydrogen-bond acceptors (Lipinski definition) is 3. The molecule has 1 heterocycles. The van der Waals surface area contributed by atoms with Gasteiger partial charge in [0.05, 0.1) is 0 Å². The summed E-state index contributed by atoms with van der Waals surface area (Å²) in [6.45, 7) is 0.121. The number of aromatic nitrogens is 1. The van der Waals surface area contributed by atoms with E-state index in [4.69, 9.17) is 10.8 Å². The number of aliphatic hydroxyl groups is 1. The molecule has 1 aromatic rings. The number of aliphatic hydroxyl groups excluding tert-OH is 1. The van der Waals surface area contributed by atoms with Gasteiger partial charge in [0.2, 0.25) is 0 Å². The van der Waals surface area contributed by atoms with Crippen LogP contribution in [0.1, 0.15) is 18.0 Å². The van der Waals surface area contributed by atoms with Crippen LogP contribution in [0.25, 0.3) is 0 Å². The van der Waals surface area contributed by atoms with Crippen LogP contribution in [0.4, 0.5) is 0 Å². The van der Waals surface area contributed by atoms with E-state index in [1.165, 1.54) is 0 Å². The molecule has 0 spiro atoms. The summed E-state index contributed by atoms with van der Waals surface area (Å²) in [5.74, 6) is 0. The van der Waals surface area contributed by atoms with Crippen LogP contribution in [0.2, 0.25) is 0 Å². The first-order valence-corrected chi connectivity index (χ1v) is 3.61. The highest BCUT2D eigenvalue weighted by Gasteiger charge is 2.02. The number of hydrogen-bond donors (Lipinski definition) is 2. The zero-order chi connectivity index (χ0) is 8.10. The van der Waals surface area contributed by atoms with Gasteiger partial charge in [0, 0.05) is 25.0 Å². The molecule has 0 aliphatic rings. The fourth-order valence-electron chi connectivity index (χ4n) is 0.901. The van der Waals surface area contributed by atoms with Crippen LogP contribution in [0.15, 0.2) is 24.5 Å². The van der Waals surface area contributed by atoms with Gasteiger partial charge in [0.25, 0.3) is 0 Å². The number of pyridine rings is 1. The van der Waals surface area contributed by atoms with Crippen LogP contribution < -0.4 is 5.73 Å². The number of halogens is 2. The number of nitrogens with zero attached hydrogens (tertiary/aromatic N) is 1. The quantitative estimate of drug-likeness (QED) is 0.815. The van der Waals surface area contributed by atoms with Crippen LogP contribution in [-0.2, 0) is 0 Å². The highest BCUT2D eigenvalue weighted by molar-refractivity contribution is 5.85. The summed E-state index contributed by atoms with van der Waals surface area (Å²) < 4.78 is 0. The molecule has 0 radical (unpaired) electrons. The molecule has 0 amide bonds. The standard InChI is InChI=1S/C8H12N2O.2ClH/c9-8(3-5-11)7-2-1-4-10-6-7;;/h1-2,4,6,8,11H,3,5,9H2;2*1H/t8-;;/m0../s1. The summed E-state index contributed by atoms with van der Waals surface area (Å²) in [7, 11) is 0. The molecule has 76 valence electrons. The van der Waals surface area contributed by atoms with Crippen LogP contribution in [0.3, 0.4) is 0 Å². The van der Waals surface area contributed by atoms with Crippen molar-refractivity contribution in [3.8, 4) is 0 Å². The molecule has 0 saturated heterocycles. The molecule has 0 aliphatic carbocycles. The number of nitrogens with two attached hydrogens (primary N) is 1. The van der Waals surface area contributed by atoms with Crippen molar-refractivity contribution in [2.75, 3.05) is 6.61 Å². The molecule has 1 atom stereocenters. The molecule has 0 aliphatic heterocycles. The van der Waals surface area contributed by atoms with Gasteiger partial charge in [-0.3, -0.25) is 4.98 Å². The Kier molecular flexibility index (Phi) is 9.61. The SMILES string of the molecule is Cl.Cl.N[C@@H](CCO)c1cccnc1. The van der Waals surface area contributed by atoms with Gasteiger partial charge in [-0.05, 0) is 18.1 Å². The van der Waals surface area contributed by atoms with E-state index in [2.05, 4.69) is 4.98 Å². The van der Waals surface area contributed by atoms with Crippen molar-refractivity contribution in [2.24, 2.45) is 5.73 Å². The molecule has 3 nitrogen and oxygen atoms in total. The lowest BCUT2D eigenvalue weighted by Crippen LogP contribution is -2.11. The molecular weight excluding hydrogens is 211 g/mol. The molecule has 1 aromatic heterocycles. The third kappa shape index (κ3) is 5.05. The van der Waals surface area contributed by atoms with Crippen LogP contribution in [-0.4, -0.2) is 16.7 Å². The van der Waals surface area contributed by atoms with Gasteiger partial charge in [0.1, 0.15) is 0 Å². The summed E-state index contributed by atoms with van der Waals surface area (Å²) in [5.41, 5.74) is 6.68. The van der Waals surface area contributed by atoms with Gasteiger partial charge in [-0.15, -0.1) is 24.8 Å². The van der Waals surface area contributed by atoms with Crippen molar-refractivity contribution in [1.82, 2.24) is 4.98 Å². The van der Waals surface area contributed by atoms with Crippen molar-refractivity contribution in [3.63, 3.8) is 0 Å². The topological polar surface area (TPSA) is 59.1 Å². The number of rotatable bonds is 3. The predicted molar refractivity (Wildman–Crippen MR) is 57.4 cm³/mol. The van der Waals surface area contributed by atoms with E-state index < -0.39 is 0 Å². The Morgan fingerprint density at radius 1 is 1.46 bits per heavy atom. The minimum absolute atomic E-state index is 0. The molecule has 0 bridgehead atoms. The smallest absolute Gasteiger partial charge is 0.0449 e. The van der Waals surface area contributed by atoms with E-state index in [0.29, 0.717) is 6.42 Å². The van der Waals surface area contributed by atoms with E-state index in [-0.39, 0.29) is 37.5 Å². The molecule has 0 saturated carbocycles. The summed E-state index contributed by atoms with van der Waals surface area (Å²) in [6, 6.07) is 3.66. The maximum atomic E-state index is 8.60. The van der Waals surface area contributed by atoms with Gasteiger partial charge in [-0.25, -0.2) is 0 Å². The second-order valence-electron chi connectivity index (χ2n) is 2.41. The van der Waals surface area contributed by atoms with Crippen molar-refractivity contribution >= 4 is 24.8 Å². The summed E-state index contributed by atoms with van der Waals surface area (Å²) >= 11 is 0. The molecule has 0 fully saturated rings. The highest BCUT2D eigenvalue weighted by Crippen LogP contribution is 2.10. The summed E-state index contributed by atoms with van der Waals surface area (Å²) in [4.78, 5) is 3.93. The molecule has 0 aromatic carbocycles. The minimum atomic E-state index is -0.0892. The lowest BCUT2D eigenvalue weighted by Gasteiger charge is -2.08. The van der Waals surface area contributed by atoms with Gasteiger partial charge in [-0.2, -0.15) is 0 Å². The largest absolute Gasteiger partial charge is 0.396 e. The van der Waals surface area contributed by atoms with Crippen molar-refractivity contribution in [2.45, 2.75) is 12.5 Å². The Balaban J connectivity index is 0. The average Bonchev–Trinajstić information content (AvgIpc) is 2.07. The second kappa shape index (κ2) is 8.26. The highest BCUT2D eigenvalue weighted by atomic mass is 35.5. The zero-order valence-electron chi connectivity index (χ0n) is 7.09. The maximum absolute atomic E-state index is 8.60. The van der Waals surface area contributed by atoms with E-state index in [1.54, 1.807) is 12.4 Å². The van der Waals surface area contributed by atoms with Crippen molar-refractivity contribution in [3.05, 3.63) is 30.1 Å².